The fraction of sp³-hybridized carbons (Fsp3) is 0.136. The second-order valence-corrected chi connectivity index (χ2v) is 6.50. The molecule has 0 spiro atoms. The number of hydrogen-bond donors (Lipinski definition) is 2. The van der Waals surface area contributed by atoms with Crippen molar-refractivity contribution < 1.29 is 14.3 Å². The summed E-state index contributed by atoms with van der Waals surface area (Å²) in [5, 5.41) is 6.31. The summed E-state index contributed by atoms with van der Waals surface area (Å²) >= 11 is 5.87. The molecule has 0 saturated heterocycles. The minimum atomic E-state index is -0.291. The summed E-state index contributed by atoms with van der Waals surface area (Å²) in [6.07, 6.45) is 0. The van der Waals surface area contributed by atoms with Crippen molar-refractivity contribution in [2.24, 2.45) is 0 Å². The normalized spacial score (nSPS) is 10.2. The number of amides is 2. The van der Waals surface area contributed by atoms with Gasteiger partial charge in [0.05, 0.1) is 7.11 Å². The monoisotopic (exact) mass is 396 g/mol. The van der Waals surface area contributed by atoms with E-state index in [4.69, 9.17) is 21.1 Å². The fourth-order valence-electron chi connectivity index (χ4n) is 2.58. The predicted molar refractivity (Wildman–Crippen MR) is 111 cm³/mol. The summed E-state index contributed by atoms with van der Waals surface area (Å²) < 4.78 is 11.0. The number of anilines is 1. The largest absolute Gasteiger partial charge is 0.496 e. The molecule has 0 heterocycles. The Morgan fingerprint density at radius 1 is 0.964 bits per heavy atom. The lowest BCUT2D eigenvalue weighted by molar-refractivity contribution is 0.251. The standard InChI is InChI=1S/C22H21ClN2O3/c1-27-21-5-3-2-4-17(21)14-24-22(26)25-19-10-12-20(13-11-19)28-15-16-6-8-18(23)9-7-16/h2-13H,14-15H2,1H3,(H2,24,25,26). The lowest BCUT2D eigenvalue weighted by Gasteiger charge is -2.11. The highest BCUT2D eigenvalue weighted by Crippen LogP contribution is 2.19. The Balaban J connectivity index is 1.48. The number of carbonyl (C=O) groups is 1. The Morgan fingerprint density at radius 2 is 1.68 bits per heavy atom. The lowest BCUT2D eigenvalue weighted by Crippen LogP contribution is -2.28. The number of methoxy groups -OCH3 is 1. The summed E-state index contributed by atoms with van der Waals surface area (Å²) in [7, 11) is 1.61. The van der Waals surface area contributed by atoms with Gasteiger partial charge in [0, 0.05) is 22.8 Å². The fourth-order valence-corrected chi connectivity index (χ4v) is 2.71. The molecular formula is C22H21ClN2O3. The minimum Gasteiger partial charge on any atom is -0.496 e. The van der Waals surface area contributed by atoms with Crippen LogP contribution in [-0.2, 0) is 13.2 Å². The first-order chi connectivity index (χ1) is 13.6. The van der Waals surface area contributed by atoms with Crippen molar-refractivity contribution >= 4 is 23.3 Å². The van der Waals surface area contributed by atoms with Crippen molar-refractivity contribution in [3.8, 4) is 11.5 Å². The molecule has 3 aromatic rings. The first-order valence-corrected chi connectivity index (χ1v) is 9.16. The van der Waals surface area contributed by atoms with Gasteiger partial charge < -0.3 is 20.1 Å². The van der Waals surface area contributed by atoms with E-state index in [1.165, 1.54) is 0 Å². The maximum absolute atomic E-state index is 12.1. The van der Waals surface area contributed by atoms with Gasteiger partial charge in [0.1, 0.15) is 18.1 Å². The van der Waals surface area contributed by atoms with Crippen molar-refractivity contribution in [2.75, 3.05) is 12.4 Å². The Morgan fingerprint density at radius 3 is 2.39 bits per heavy atom. The van der Waals surface area contributed by atoms with Gasteiger partial charge in [0.15, 0.2) is 0 Å². The van der Waals surface area contributed by atoms with Crippen molar-refractivity contribution in [2.45, 2.75) is 13.2 Å². The van der Waals surface area contributed by atoms with E-state index in [0.717, 1.165) is 22.6 Å². The van der Waals surface area contributed by atoms with Crippen LogP contribution >= 0.6 is 11.6 Å². The van der Waals surface area contributed by atoms with Gasteiger partial charge in [-0.25, -0.2) is 4.79 Å². The molecule has 0 aromatic heterocycles. The van der Waals surface area contributed by atoms with E-state index in [-0.39, 0.29) is 6.03 Å². The molecule has 2 N–H and O–H groups in total. The van der Waals surface area contributed by atoms with E-state index in [9.17, 15) is 4.79 Å². The zero-order valence-corrected chi connectivity index (χ0v) is 16.2. The molecule has 6 heteroatoms. The van der Waals surface area contributed by atoms with Gasteiger partial charge >= 0.3 is 6.03 Å². The van der Waals surface area contributed by atoms with Crippen molar-refractivity contribution in [1.82, 2.24) is 5.32 Å². The number of hydrogen-bond acceptors (Lipinski definition) is 3. The van der Waals surface area contributed by atoms with Gasteiger partial charge in [-0.1, -0.05) is 41.9 Å². The molecule has 0 aliphatic heterocycles. The number of benzene rings is 3. The van der Waals surface area contributed by atoms with E-state index >= 15 is 0 Å². The number of para-hydroxylation sites is 1. The second-order valence-electron chi connectivity index (χ2n) is 6.06. The van der Waals surface area contributed by atoms with Crippen LogP contribution in [0.2, 0.25) is 5.02 Å². The third kappa shape index (κ3) is 5.66. The summed E-state index contributed by atoms with van der Waals surface area (Å²) in [6, 6.07) is 22.0. The van der Waals surface area contributed by atoms with E-state index in [1.807, 2.05) is 60.7 Å². The Kier molecular flexibility index (Phi) is 6.76. The molecule has 5 nitrogen and oxygen atoms in total. The van der Waals surface area contributed by atoms with E-state index in [2.05, 4.69) is 10.6 Å². The van der Waals surface area contributed by atoms with Crippen molar-refractivity contribution in [3.63, 3.8) is 0 Å². The number of carbonyl (C=O) groups excluding carboxylic acids is 1. The molecule has 0 aliphatic carbocycles. The zero-order valence-electron chi connectivity index (χ0n) is 15.4. The maximum atomic E-state index is 12.1. The van der Waals surface area contributed by atoms with E-state index < -0.39 is 0 Å². The number of rotatable bonds is 7. The molecule has 144 valence electrons. The first-order valence-electron chi connectivity index (χ1n) is 8.78. The van der Waals surface area contributed by atoms with Crippen LogP contribution in [0, 0.1) is 0 Å². The van der Waals surface area contributed by atoms with Crippen molar-refractivity contribution in [3.05, 3.63) is 88.9 Å². The van der Waals surface area contributed by atoms with Crippen molar-refractivity contribution in [1.29, 1.82) is 0 Å². The molecular weight excluding hydrogens is 376 g/mol. The van der Waals surface area contributed by atoms with Crippen LogP contribution in [0.15, 0.2) is 72.8 Å². The van der Waals surface area contributed by atoms with Crippen LogP contribution in [0.3, 0.4) is 0 Å². The van der Waals surface area contributed by atoms with Gasteiger partial charge in [-0.3, -0.25) is 0 Å². The summed E-state index contributed by atoms with van der Waals surface area (Å²) in [5.74, 6) is 1.46. The molecule has 28 heavy (non-hydrogen) atoms. The molecule has 3 rings (SSSR count). The molecule has 0 fully saturated rings. The third-order valence-corrected chi connectivity index (χ3v) is 4.31. The maximum Gasteiger partial charge on any atom is 0.319 e. The van der Waals surface area contributed by atoms with Crippen LogP contribution in [0.25, 0.3) is 0 Å². The summed E-state index contributed by atoms with van der Waals surface area (Å²) in [5.41, 5.74) is 2.62. The van der Waals surface area contributed by atoms with E-state index in [1.54, 1.807) is 19.2 Å². The summed E-state index contributed by atoms with van der Waals surface area (Å²) in [6.45, 7) is 0.821. The Hall–Kier alpha value is -3.18. The molecule has 0 saturated carbocycles. The highest BCUT2D eigenvalue weighted by molar-refractivity contribution is 6.30. The van der Waals surface area contributed by atoms with Crippen LogP contribution in [-0.4, -0.2) is 13.1 Å². The van der Waals surface area contributed by atoms with Crippen LogP contribution < -0.4 is 20.1 Å². The quantitative estimate of drug-likeness (QED) is 0.573. The van der Waals surface area contributed by atoms with Gasteiger partial charge in [-0.05, 0) is 48.0 Å². The molecule has 0 bridgehead atoms. The number of urea groups is 1. The van der Waals surface area contributed by atoms with Gasteiger partial charge in [0.2, 0.25) is 0 Å². The number of halogens is 1. The topological polar surface area (TPSA) is 59.6 Å². The summed E-state index contributed by atoms with van der Waals surface area (Å²) in [4.78, 5) is 12.1. The minimum absolute atomic E-state index is 0.291. The van der Waals surface area contributed by atoms with E-state index in [0.29, 0.717) is 23.9 Å². The third-order valence-electron chi connectivity index (χ3n) is 4.06. The zero-order chi connectivity index (χ0) is 19.8. The Labute approximate surface area is 169 Å². The first kappa shape index (κ1) is 19.6. The molecule has 0 atom stereocenters. The molecule has 0 radical (unpaired) electrons. The molecule has 3 aromatic carbocycles. The molecule has 0 unspecified atom stereocenters. The molecule has 0 aliphatic rings. The highest BCUT2D eigenvalue weighted by atomic mass is 35.5. The smallest absolute Gasteiger partial charge is 0.319 e. The lowest BCUT2D eigenvalue weighted by atomic mass is 10.2. The van der Waals surface area contributed by atoms with Gasteiger partial charge in [0.25, 0.3) is 0 Å². The average molecular weight is 397 g/mol. The van der Waals surface area contributed by atoms with Crippen LogP contribution in [0.4, 0.5) is 10.5 Å². The molecule has 2 amide bonds. The number of ether oxygens (including phenoxy) is 2. The predicted octanol–water partition coefficient (Wildman–Crippen LogP) is 5.25. The van der Waals surface area contributed by atoms with Crippen LogP contribution in [0.5, 0.6) is 11.5 Å². The van der Waals surface area contributed by atoms with Gasteiger partial charge in [-0.15, -0.1) is 0 Å². The highest BCUT2D eigenvalue weighted by Gasteiger charge is 2.05. The Bertz CT molecular complexity index is 912. The van der Waals surface area contributed by atoms with Gasteiger partial charge in [-0.2, -0.15) is 0 Å². The number of nitrogens with one attached hydrogen (secondary N) is 2. The SMILES string of the molecule is COc1ccccc1CNC(=O)Nc1ccc(OCc2ccc(Cl)cc2)cc1. The van der Waals surface area contributed by atoms with Crippen LogP contribution in [0.1, 0.15) is 11.1 Å². The average Bonchev–Trinajstić information content (AvgIpc) is 2.73. The second kappa shape index (κ2) is 9.67.